The van der Waals surface area contributed by atoms with Crippen molar-refractivity contribution in [2.45, 2.75) is 51.9 Å². The highest BCUT2D eigenvalue weighted by molar-refractivity contribution is 6.02. The highest BCUT2D eigenvalue weighted by Crippen LogP contribution is 2.28. The molecular weight excluding hydrogens is 361 g/mol. The number of rotatable bonds is 8. The van der Waals surface area contributed by atoms with Gasteiger partial charge >= 0.3 is 0 Å². The first-order chi connectivity index (χ1) is 14.0. The minimum absolute atomic E-state index is 0.0544. The first kappa shape index (κ1) is 20.9. The number of hydrogen-bond donors (Lipinski definition) is 0. The molecule has 0 saturated carbocycles. The number of aromatic nitrogens is 1. The van der Waals surface area contributed by atoms with Crippen molar-refractivity contribution in [1.29, 1.82) is 0 Å². The lowest BCUT2D eigenvalue weighted by molar-refractivity contribution is 0.0958. The average Bonchev–Trinajstić information content (AvgIpc) is 2.74. The van der Waals surface area contributed by atoms with Crippen molar-refractivity contribution in [3.8, 4) is 0 Å². The fourth-order valence-electron chi connectivity index (χ4n) is 3.83. The second-order valence-electron chi connectivity index (χ2n) is 7.59. The molecule has 2 nitrogen and oxygen atoms in total. The highest BCUT2D eigenvalue weighted by atomic mass is 19.1. The van der Waals surface area contributed by atoms with Gasteiger partial charge in [0.05, 0.1) is 5.92 Å². The summed E-state index contributed by atoms with van der Waals surface area (Å²) in [4.78, 5) is 18.1. The van der Waals surface area contributed by atoms with E-state index in [1.54, 1.807) is 12.1 Å². The van der Waals surface area contributed by atoms with Crippen molar-refractivity contribution < 1.29 is 9.18 Å². The fraction of sp³-hybridized carbons (Fsp3) is 0.308. The van der Waals surface area contributed by atoms with Gasteiger partial charge in [0.1, 0.15) is 5.82 Å². The predicted molar refractivity (Wildman–Crippen MR) is 116 cm³/mol. The molecular formula is C26H28FNO. The molecule has 150 valence electrons. The Morgan fingerprint density at radius 1 is 0.966 bits per heavy atom. The number of halogens is 1. The van der Waals surface area contributed by atoms with Gasteiger partial charge in [0, 0.05) is 23.4 Å². The molecule has 1 atom stereocenters. The van der Waals surface area contributed by atoms with Crippen LogP contribution in [0, 0.1) is 12.7 Å². The quantitative estimate of drug-likeness (QED) is 0.404. The molecule has 3 rings (SSSR count). The van der Waals surface area contributed by atoms with Crippen molar-refractivity contribution in [3.05, 3.63) is 101 Å². The molecule has 0 aliphatic carbocycles. The van der Waals surface area contributed by atoms with Gasteiger partial charge in [0.25, 0.3) is 0 Å². The van der Waals surface area contributed by atoms with Crippen LogP contribution in [0.15, 0.2) is 66.9 Å². The minimum atomic E-state index is -0.377. The molecule has 0 amide bonds. The molecule has 0 radical (unpaired) electrons. The van der Waals surface area contributed by atoms with Gasteiger partial charge < -0.3 is 0 Å². The zero-order valence-corrected chi connectivity index (χ0v) is 17.4. The summed E-state index contributed by atoms with van der Waals surface area (Å²) >= 11 is 0. The van der Waals surface area contributed by atoms with Crippen molar-refractivity contribution in [2.24, 2.45) is 0 Å². The third kappa shape index (κ3) is 4.97. The number of pyridine rings is 1. The van der Waals surface area contributed by atoms with E-state index < -0.39 is 0 Å². The van der Waals surface area contributed by atoms with E-state index in [9.17, 15) is 9.18 Å². The number of benzene rings is 2. The van der Waals surface area contributed by atoms with Gasteiger partial charge in [-0.25, -0.2) is 4.39 Å². The van der Waals surface area contributed by atoms with E-state index in [-0.39, 0.29) is 17.5 Å². The summed E-state index contributed by atoms with van der Waals surface area (Å²) in [6.07, 6.45) is 4.55. The van der Waals surface area contributed by atoms with E-state index in [1.165, 1.54) is 12.1 Å². The normalized spacial score (nSPS) is 12.2. The Labute approximate surface area is 172 Å². The average molecular weight is 390 g/mol. The Bertz CT molecular complexity index is 943. The summed E-state index contributed by atoms with van der Waals surface area (Å²) < 4.78 is 13.5. The predicted octanol–water partition coefficient (Wildman–Crippen LogP) is 6.64. The van der Waals surface area contributed by atoms with Crippen LogP contribution in [0.2, 0.25) is 0 Å². The SMILES string of the molecule is CCC(CC)c1ccc(CC(C(=O)c2ccccc2C)c2ccc(F)cc2)cn1. The molecule has 1 heterocycles. The molecule has 0 N–H and O–H groups in total. The summed E-state index contributed by atoms with van der Waals surface area (Å²) in [5.74, 6) is -0.158. The monoisotopic (exact) mass is 389 g/mol. The summed E-state index contributed by atoms with van der Waals surface area (Å²) in [5.41, 5.74) is 4.59. The fourth-order valence-corrected chi connectivity index (χ4v) is 3.83. The van der Waals surface area contributed by atoms with E-state index in [4.69, 9.17) is 0 Å². The first-order valence-corrected chi connectivity index (χ1v) is 10.3. The topological polar surface area (TPSA) is 30.0 Å². The molecule has 0 aliphatic heterocycles. The highest BCUT2D eigenvalue weighted by Gasteiger charge is 2.24. The van der Waals surface area contributed by atoms with Crippen molar-refractivity contribution in [2.75, 3.05) is 0 Å². The van der Waals surface area contributed by atoms with Gasteiger partial charge in [0.2, 0.25) is 0 Å². The van der Waals surface area contributed by atoms with Crippen LogP contribution in [0.1, 0.15) is 71.3 Å². The molecule has 2 aromatic carbocycles. The van der Waals surface area contributed by atoms with Crippen LogP contribution >= 0.6 is 0 Å². The molecule has 0 aliphatic rings. The number of ketones is 1. The van der Waals surface area contributed by atoms with E-state index >= 15 is 0 Å². The van der Waals surface area contributed by atoms with Crippen molar-refractivity contribution in [3.63, 3.8) is 0 Å². The molecule has 0 fully saturated rings. The first-order valence-electron chi connectivity index (χ1n) is 10.3. The third-order valence-electron chi connectivity index (χ3n) is 5.69. The molecule has 1 aromatic heterocycles. The third-order valence-corrected chi connectivity index (χ3v) is 5.69. The second kappa shape index (κ2) is 9.60. The lowest BCUT2D eigenvalue weighted by Crippen LogP contribution is -2.17. The molecule has 1 unspecified atom stereocenters. The van der Waals surface area contributed by atoms with Gasteiger partial charge in [-0.3, -0.25) is 9.78 Å². The second-order valence-corrected chi connectivity index (χ2v) is 7.59. The van der Waals surface area contributed by atoms with Crippen LogP contribution < -0.4 is 0 Å². The number of Topliss-reactive ketones (excluding diaryl/α,β-unsaturated/α-hetero) is 1. The summed E-state index contributed by atoms with van der Waals surface area (Å²) in [5, 5.41) is 0. The lowest BCUT2D eigenvalue weighted by atomic mass is 9.84. The summed E-state index contributed by atoms with van der Waals surface area (Å²) in [6, 6.07) is 18.0. The smallest absolute Gasteiger partial charge is 0.170 e. The Morgan fingerprint density at radius 2 is 1.66 bits per heavy atom. The van der Waals surface area contributed by atoms with E-state index in [0.29, 0.717) is 17.9 Å². The molecule has 0 saturated heterocycles. The van der Waals surface area contributed by atoms with Crippen LogP contribution in [0.25, 0.3) is 0 Å². The number of nitrogens with zero attached hydrogens (tertiary/aromatic N) is 1. The zero-order chi connectivity index (χ0) is 20.8. The van der Waals surface area contributed by atoms with Crippen LogP contribution in [-0.2, 0) is 6.42 Å². The molecule has 3 aromatic rings. The molecule has 3 heteroatoms. The van der Waals surface area contributed by atoms with Crippen LogP contribution in [-0.4, -0.2) is 10.8 Å². The Balaban J connectivity index is 1.92. The van der Waals surface area contributed by atoms with Gasteiger partial charge in [-0.2, -0.15) is 0 Å². The van der Waals surface area contributed by atoms with Crippen molar-refractivity contribution >= 4 is 5.78 Å². The largest absolute Gasteiger partial charge is 0.293 e. The van der Waals surface area contributed by atoms with E-state index in [2.05, 4.69) is 31.0 Å². The van der Waals surface area contributed by atoms with Gasteiger partial charge in [-0.1, -0.05) is 56.3 Å². The maximum Gasteiger partial charge on any atom is 0.170 e. The zero-order valence-electron chi connectivity index (χ0n) is 17.4. The maximum absolute atomic E-state index is 13.5. The number of hydrogen-bond acceptors (Lipinski definition) is 2. The number of carbonyl (C=O) groups is 1. The van der Waals surface area contributed by atoms with Crippen LogP contribution in [0.3, 0.4) is 0 Å². The van der Waals surface area contributed by atoms with Crippen molar-refractivity contribution in [1.82, 2.24) is 4.98 Å². The minimum Gasteiger partial charge on any atom is -0.293 e. The standard InChI is InChI=1S/C26H28FNO/c1-4-20(5-2)25-15-10-19(17-28-25)16-24(21-11-13-22(27)14-12-21)26(29)23-9-7-6-8-18(23)3/h6-15,17,20,24H,4-5,16H2,1-3H3. The van der Waals surface area contributed by atoms with Crippen LogP contribution in [0.5, 0.6) is 0 Å². The Hall–Kier alpha value is -2.81. The van der Waals surface area contributed by atoms with E-state index in [0.717, 1.165) is 35.2 Å². The maximum atomic E-state index is 13.5. The van der Waals surface area contributed by atoms with E-state index in [1.807, 2.05) is 37.4 Å². The van der Waals surface area contributed by atoms with Crippen LogP contribution in [0.4, 0.5) is 4.39 Å². The van der Waals surface area contributed by atoms with Gasteiger partial charge in [-0.05, 0) is 61.1 Å². The van der Waals surface area contributed by atoms with Gasteiger partial charge in [0.15, 0.2) is 5.78 Å². The lowest BCUT2D eigenvalue weighted by Gasteiger charge is -2.18. The summed E-state index contributed by atoms with van der Waals surface area (Å²) in [7, 11) is 0. The summed E-state index contributed by atoms with van der Waals surface area (Å²) in [6.45, 7) is 6.30. The number of aryl methyl sites for hydroxylation is 1. The molecule has 29 heavy (non-hydrogen) atoms. The molecule has 0 spiro atoms. The Kier molecular flexibility index (Phi) is 6.92. The molecule has 0 bridgehead atoms. The Morgan fingerprint density at radius 3 is 2.24 bits per heavy atom. The number of carbonyl (C=O) groups excluding carboxylic acids is 1. The van der Waals surface area contributed by atoms with Gasteiger partial charge in [-0.15, -0.1) is 0 Å².